The van der Waals surface area contributed by atoms with Crippen molar-refractivity contribution in [2.45, 2.75) is 6.92 Å². The summed E-state index contributed by atoms with van der Waals surface area (Å²) < 4.78 is 5.16. The maximum atomic E-state index is 11.0. The molecule has 0 radical (unpaired) electrons. The first-order valence-electron chi connectivity index (χ1n) is 3.87. The zero-order valence-electron chi connectivity index (χ0n) is 7.07. The van der Waals surface area contributed by atoms with Crippen molar-refractivity contribution >= 4 is 0 Å². The highest BCUT2D eigenvalue weighted by Crippen LogP contribution is 2.19. The zero-order chi connectivity index (χ0) is 9.26. The quantitative estimate of drug-likeness (QED) is 0.713. The molecule has 0 unspecified atom stereocenters. The van der Waals surface area contributed by atoms with Crippen molar-refractivity contribution in [2.75, 3.05) is 0 Å². The van der Waals surface area contributed by atoms with Crippen LogP contribution in [0.5, 0.6) is 0 Å². The SMILES string of the molecule is Cc1n[nH]c(=O)cc1-c1ccco1. The summed E-state index contributed by atoms with van der Waals surface area (Å²) in [5.41, 5.74) is 1.25. The number of nitrogens with zero attached hydrogens (tertiary/aromatic N) is 1. The van der Waals surface area contributed by atoms with E-state index >= 15 is 0 Å². The first kappa shape index (κ1) is 7.79. The van der Waals surface area contributed by atoms with Gasteiger partial charge in [0.1, 0.15) is 5.76 Å². The van der Waals surface area contributed by atoms with Crippen LogP contribution in [0.25, 0.3) is 11.3 Å². The van der Waals surface area contributed by atoms with Crippen LogP contribution in [0.1, 0.15) is 5.69 Å². The number of nitrogens with one attached hydrogen (secondary N) is 1. The van der Waals surface area contributed by atoms with E-state index in [-0.39, 0.29) is 5.56 Å². The zero-order valence-corrected chi connectivity index (χ0v) is 7.07. The Bertz CT molecular complexity index is 457. The number of furan rings is 1. The third-order valence-electron chi connectivity index (χ3n) is 1.79. The fourth-order valence-electron chi connectivity index (χ4n) is 1.15. The lowest BCUT2D eigenvalue weighted by atomic mass is 10.2. The van der Waals surface area contributed by atoms with Crippen molar-refractivity contribution in [3.05, 3.63) is 40.5 Å². The van der Waals surface area contributed by atoms with E-state index in [1.165, 1.54) is 6.07 Å². The minimum atomic E-state index is -0.225. The van der Waals surface area contributed by atoms with Crippen LogP contribution in [0, 0.1) is 6.92 Å². The summed E-state index contributed by atoms with van der Waals surface area (Å²) in [4.78, 5) is 11.0. The third-order valence-corrected chi connectivity index (χ3v) is 1.79. The number of aromatic amines is 1. The molecule has 0 fully saturated rings. The molecule has 4 nitrogen and oxygen atoms in total. The second kappa shape index (κ2) is 2.90. The monoisotopic (exact) mass is 176 g/mol. The molecule has 0 saturated carbocycles. The molecule has 1 N–H and O–H groups in total. The molecule has 0 aromatic carbocycles. The molecular formula is C9H8N2O2. The molecule has 0 atom stereocenters. The van der Waals surface area contributed by atoms with Gasteiger partial charge < -0.3 is 4.42 Å². The molecule has 0 aliphatic rings. The standard InChI is InChI=1S/C9H8N2O2/c1-6-7(5-9(12)11-10-6)8-3-2-4-13-8/h2-5H,1H3,(H,11,12). The number of hydrogen-bond acceptors (Lipinski definition) is 3. The second-order valence-corrected chi connectivity index (χ2v) is 2.71. The van der Waals surface area contributed by atoms with Gasteiger partial charge in [-0.1, -0.05) is 0 Å². The predicted octanol–water partition coefficient (Wildman–Crippen LogP) is 1.34. The Morgan fingerprint density at radius 2 is 2.38 bits per heavy atom. The first-order chi connectivity index (χ1) is 6.27. The van der Waals surface area contributed by atoms with Crippen molar-refractivity contribution in [1.29, 1.82) is 0 Å². The van der Waals surface area contributed by atoms with E-state index in [2.05, 4.69) is 10.2 Å². The Morgan fingerprint density at radius 3 is 3.08 bits per heavy atom. The molecular weight excluding hydrogens is 168 g/mol. The molecule has 2 aromatic heterocycles. The molecule has 2 rings (SSSR count). The van der Waals surface area contributed by atoms with Gasteiger partial charge in [0.15, 0.2) is 0 Å². The lowest BCUT2D eigenvalue weighted by Gasteiger charge is -1.98. The number of rotatable bonds is 1. The summed E-state index contributed by atoms with van der Waals surface area (Å²) >= 11 is 0. The van der Waals surface area contributed by atoms with Crippen LogP contribution in [-0.4, -0.2) is 10.2 Å². The van der Waals surface area contributed by atoms with E-state index in [0.717, 1.165) is 11.3 Å². The van der Waals surface area contributed by atoms with Crippen molar-refractivity contribution < 1.29 is 4.42 Å². The molecule has 2 heterocycles. The maximum absolute atomic E-state index is 11.0. The lowest BCUT2D eigenvalue weighted by molar-refractivity contribution is 0.581. The lowest BCUT2D eigenvalue weighted by Crippen LogP contribution is -2.08. The second-order valence-electron chi connectivity index (χ2n) is 2.71. The van der Waals surface area contributed by atoms with Crippen molar-refractivity contribution in [1.82, 2.24) is 10.2 Å². The van der Waals surface area contributed by atoms with Crippen LogP contribution in [0.4, 0.5) is 0 Å². The Morgan fingerprint density at radius 1 is 1.54 bits per heavy atom. The summed E-state index contributed by atoms with van der Waals surface area (Å²) in [5.74, 6) is 0.663. The van der Waals surface area contributed by atoms with Gasteiger partial charge in [0.2, 0.25) is 0 Å². The average Bonchev–Trinajstić information content (AvgIpc) is 2.61. The van der Waals surface area contributed by atoms with Crippen LogP contribution in [-0.2, 0) is 0 Å². The van der Waals surface area contributed by atoms with Crippen LogP contribution in [0.2, 0.25) is 0 Å². The van der Waals surface area contributed by atoms with Crippen molar-refractivity contribution in [3.63, 3.8) is 0 Å². The van der Waals surface area contributed by atoms with Crippen LogP contribution >= 0.6 is 0 Å². The highest BCUT2D eigenvalue weighted by molar-refractivity contribution is 5.58. The highest BCUT2D eigenvalue weighted by atomic mass is 16.3. The van der Waals surface area contributed by atoms with E-state index in [9.17, 15) is 4.79 Å². The molecule has 0 bridgehead atoms. The summed E-state index contributed by atoms with van der Waals surface area (Å²) in [5, 5.41) is 6.19. The van der Waals surface area contributed by atoms with E-state index in [1.54, 1.807) is 18.4 Å². The number of aromatic nitrogens is 2. The van der Waals surface area contributed by atoms with Gasteiger partial charge in [0.25, 0.3) is 5.56 Å². The van der Waals surface area contributed by atoms with Crippen LogP contribution in [0.3, 0.4) is 0 Å². The van der Waals surface area contributed by atoms with Gasteiger partial charge in [-0.2, -0.15) is 5.10 Å². The Hall–Kier alpha value is -1.84. The minimum absolute atomic E-state index is 0.225. The molecule has 0 aliphatic heterocycles. The molecule has 0 saturated heterocycles. The fourth-order valence-corrected chi connectivity index (χ4v) is 1.15. The smallest absolute Gasteiger partial charge is 0.264 e. The Kier molecular flexibility index (Phi) is 1.73. The van der Waals surface area contributed by atoms with E-state index in [1.807, 2.05) is 6.92 Å². The molecule has 2 aromatic rings. The Labute approximate surface area is 74.2 Å². The average molecular weight is 176 g/mol. The highest BCUT2D eigenvalue weighted by Gasteiger charge is 2.05. The molecule has 0 amide bonds. The van der Waals surface area contributed by atoms with Gasteiger partial charge >= 0.3 is 0 Å². The topological polar surface area (TPSA) is 58.9 Å². The van der Waals surface area contributed by atoms with Crippen molar-refractivity contribution in [2.24, 2.45) is 0 Å². The van der Waals surface area contributed by atoms with Gasteiger partial charge in [0, 0.05) is 11.6 Å². The third kappa shape index (κ3) is 1.38. The number of aryl methyl sites for hydroxylation is 1. The largest absolute Gasteiger partial charge is 0.464 e. The van der Waals surface area contributed by atoms with E-state index in [0.29, 0.717) is 5.76 Å². The Balaban J connectivity index is 2.64. The predicted molar refractivity (Wildman–Crippen MR) is 47.3 cm³/mol. The summed E-state index contributed by atoms with van der Waals surface area (Å²) in [6.45, 7) is 1.81. The summed E-state index contributed by atoms with van der Waals surface area (Å²) in [6, 6.07) is 5.04. The molecule has 66 valence electrons. The van der Waals surface area contributed by atoms with Gasteiger partial charge in [-0.25, -0.2) is 5.10 Å². The van der Waals surface area contributed by atoms with Crippen molar-refractivity contribution in [3.8, 4) is 11.3 Å². The normalized spacial score (nSPS) is 10.2. The molecule has 0 spiro atoms. The summed E-state index contributed by atoms with van der Waals surface area (Å²) in [7, 11) is 0. The maximum Gasteiger partial charge on any atom is 0.264 e. The fraction of sp³-hybridized carbons (Fsp3) is 0.111. The number of H-pyrrole nitrogens is 1. The van der Waals surface area contributed by atoms with E-state index < -0.39 is 0 Å². The molecule has 13 heavy (non-hydrogen) atoms. The first-order valence-corrected chi connectivity index (χ1v) is 3.87. The van der Waals surface area contributed by atoms with Gasteiger partial charge in [-0.3, -0.25) is 4.79 Å². The molecule has 0 aliphatic carbocycles. The summed E-state index contributed by atoms with van der Waals surface area (Å²) in [6.07, 6.45) is 1.57. The van der Waals surface area contributed by atoms with E-state index in [4.69, 9.17) is 4.42 Å². The van der Waals surface area contributed by atoms with Gasteiger partial charge in [-0.05, 0) is 19.1 Å². The van der Waals surface area contributed by atoms with Gasteiger partial charge in [-0.15, -0.1) is 0 Å². The van der Waals surface area contributed by atoms with Gasteiger partial charge in [0.05, 0.1) is 12.0 Å². The minimum Gasteiger partial charge on any atom is -0.464 e. The number of hydrogen-bond donors (Lipinski definition) is 1. The van der Waals surface area contributed by atoms with Crippen LogP contribution < -0.4 is 5.56 Å². The van der Waals surface area contributed by atoms with Crippen LogP contribution in [0.15, 0.2) is 33.7 Å². The molecule has 4 heteroatoms.